The van der Waals surface area contributed by atoms with Crippen molar-refractivity contribution in [1.29, 1.82) is 0 Å². The third-order valence-electron chi connectivity index (χ3n) is 5.20. The summed E-state index contributed by atoms with van der Waals surface area (Å²) in [6, 6.07) is 12.6. The summed E-state index contributed by atoms with van der Waals surface area (Å²) >= 11 is 0. The second kappa shape index (κ2) is 11.3. The molecule has 32 heavy (non-hydrogen) atoms. The van der Waals surface area contributed by atoms with Crippen LogP contribution in [0.2, 0.25) is 0 Å². The highest BCUT2D eigenvalue weighted by molar-refractivity contribution is 5.85. The Hall–Kier alpha value is -2.61. The molecule has 2 N–H and O–H groups in total. The zero-order valence-electron chi connectivity index (χ0n) is 18.8. The number of anilines is 5. The van der Waals surface area contributed by atoms with Crippen molar-refractivity contribution in [1.82, 2.24) is 15.0 Å². The molecular weight excluding hydrogens is 447 g/mol. The number of benzene rings is 2. The quantitative estimate of drug-likeness (QED) is 0.518. The van der Waals surface area contributed by atoms with Crippen LogP contribution >= 0.6 is 24.8 Å². The average molecular weight is 477 g/mol. The van der Waals surface area contributed by atoms with Crippen molar-refractivity contribution in [3.8, 4) is 0 Å². The minimum Gasteiger partial charge on any atom is -0.378 e. The second-order valence-corrected chi connectivity index (χ2v) is 7.77. The number of ether oxygens (including phenoxy) is 1. The van der Waals surface area contributed by atoms with Crippen molar-refractivity contribution in [2.45, 2.75) is 27.7 Å². The van der Waals surface area contributed by atoms with E-state index in [1.165, 1.54) is 11.1 Å². The molecule has 1 saturated heterocycles. The third-order valence-corrected chi connectivity index (χ3v) is 5.20. The summed E-state index contributed by atoms with van der Waals surface area (Å²) in [5, 5.41) is 6.77. The molecule has 2 heterocycles. The van der Waals surface area contributed by atoms with E-state index in [0.717, 1.165) is 35.6 Å². The lowest BCUT2D eigenvalue weighted by atomic mass is 10.1. The zero-order valence-corrected chi connectivity index (χ0v) is 20.4. The number of aryl methyl sites for hydroxylation is 4. The van der Waals surface area contributed by atoms with Crippen molar-refractivity contribution < 1.29 is 4.74 Å². The van der Waals surface area contributed by atoms with Crippen LogP contribution in [-0.2, 0) is 4.74 Å². The van der Waals surface area contributed by atoms with Gasteiger partial charge in [-0.05, 0) is 62.1 Å². The number of nitrogens with zero attached hydrogens (tertiary/aromatic N) is 4. The summed E-state index contributed by atoms with van der Waals surface area (Å²) < 4.78 is 5.49. The average Bonchev–Trinajstić information content (AvgIpc) is 2.74. The van der Waals surface area contributed by atoms with Crippen LogP contribution in [0.1, 0.15) is 22.3 Å². The molecule has 1 aliphatic rings. The largest absolute Gasteiger partial charge is 0.378 e. The summed E-state index contributed by atoms with van der Waals surface area (Å²) in [4.78, 5) is 16.2. The molecular formula is C23H30Cl2N6O. The van der Waals surface area contributed by atoms with E-state index >= 15 is 0 Å². The van der Waals surface area contributed by atoms with Gasteiger partial charge in [-0.25, -0.2) is 0 Å². The van der Waals surface area contributed by atoms with Gasteiger partial charge >= 0.3 is 0 Å². The van der Waals surface area contributed by atoms with Crippen molar-refractivity contribution in [2.24, 2.45) is 0 Å². The predicted octanol–water partition coefficient (Wildman–Crippen LogP) is 5.27. The number of nitrogens with one attached hydrogen (secondary N) is 2. The standard InChI is InChI=1S/C23H28N6O.2ClH/c1-15-5-7-17(3)19(13-15)24-21-26-22(25-20-14-16(2)6-8-18(20)4)28-23(27-21)29-9-11-30-12-10-29;;/h5-8,13-14H,9-12H2,1-4H3,(H2,24,25,26,27,28);2*1H. The third kappa shape index (κ3) is 6.22. The van der Waals surface area contributed by atoms with Gasteiger partial charge in [0.15, 0.2) is 0 Å². The van der Waals surface area contributed by atoms with Crippen LogP contribution in [0.15, 0.2) is 36.4 Å². The van der Waals surface area contributed by atoms with Gasteiger partial charge in [0.25, 0.3) is 0 Å². The Balaban J connectivity index is 0.00000181. The maximum absolute atomic E-state index is 5.49. The molecule has 172 valence electrons. The summed E-state index contributed by atoms with van der Waals surface area (Å²) in [5.74, 6) is 1.69. The van der Waals surface area contributed by atoms with Crippen LogP contribution in [0.5, 0.6) is 0 Å². The summed E-state index contributed by atoms with van der Waals surface area (Å²) in [7, 11) is 0. The number of halogens is 2. The van der Waals surface area contributed by atoms with E-state index in [-0.39, 0.29) is 24.8 Å². The van der Waals surface area contributed by atoms with E-state index in [9.17, 15) is 0 Å². The summed E-state index contributed by atoms with van der Waals surface area (Å²) in [6.45, 7) is 11.2. The Bertz CT molecular complexity index is 985. The molecule has 0 bridgehead atoms. The van der Waals surface area contributed by atoms with Gasteiger partial charge in [0.05, 0.1) is 13.2 Å². The molecule has 0 saturated carbocycles. The molecule has 1 aliphatic heterocycles. The maximum Gasteiger partial charge on any atom is 0.233 e. The fourth-order valence-corrected chi connectivity index (χ4v) is 3.36. The van der Waals surface area contributed by atoms with Gasteiger partial charge in [-0.15, -0.1) is 24.8 Å². The molecule has 7 nitrogen and oxygen atoms in total. The molecule has 0 radical (unpaired) electrons. The number of rotatable bonds is 5. The Kier molecular flexibility index (Phi) is 9.07. The fraction of sp³-hybridized carbons (Fsp3) is 0.348. The molecule has 4 rings (SSSR count). The van der Waals surface area contributed by atoms with Crippen molar-refractivity contribution in [2.75, 3.05) is 41.8 Å². The van der Waals surface area contributed by atoms with Gasteiger partial charge in [-0.1, -0.05) is 24.3 Å². The Morgan fingerprint density at radius 1 is 0.719 bits per heavy atom. The first-order chi connectivity index (χ1) is 14.5. The van der Waals surface area contributed by atoms with Gasteiger partial charge < -0.3 is 20.3 Å². The highest BCUT2D eigenvalue weighted by Gasteiger charge is 2.17. The predicted molar refractivity (Wildman–Crippen MR) is 136 cm³/mol. The van der Waals surface area contributed by atoms with Gasteiger partial charge in [0, 0.05) is 24.5 Å². The number of aromatic nitrogens is 3. The van der Waals surface area contributed by atoms with Crippen LogP contribution in [0.25, 0.3) is 0 Å². The topological polar surface area (TPSA) is 75.2 Å². The van der Waals surface area contributed by atoms with Crippen molar-refractivity contribution >= 4 is 54.0 Å². The van der Waals surface area contributed by atoms with E-state index in [4.69, 9.17) is 14.7 Å². The normalized spacial score (nSPS) is 13.1. The van der Waals surface area contributed by atoms with Gasteiger partial charge in [0.1, 0.15) is 0 Å². The van der Waals surface area contributed by atoms with Crippen LogP contribution in [0.3, 0.4) is 0 Å². The number of hydrogen-bond acceptors (Lipinski definition) is 7. The summed E-state index contributed by atoms with van der Waals surface area (Å²) in [5.41, 5.74) is 6.62. The smallest absolute Gasteiger partial charge is 0.233 e. The van der Waals surface area contributed by atoms with Gasteiger partial charge in [0.2, 0.25) is 17.8 Å². The minimum atomic E-state index is 0. The molecule has 0 aliphatic carbocycles. The molecule has 9 heteroatoms. The van der Waals surface area contributed by atoms with E-state index in [0.29, 0.717) is 31.1 Å². The SMILES string of the molecule is Cc1ccc(C)c(Nc2nc(Nc3cc(C)ccc3C)nc(N3CCOCC3)n2)c1.Cl.Cl. The first-order valence-electron chi connectivity index (χ1n) is 10.3. The molecule has 2 aromatic carbocycles. The van der Waals surface area contributed by atoms with Crippen LogP contribution in [0.4, 0.5) is 29.2 Å². The molecule has 1 fully saturated rings. The highest BCUT2D eigenvalue weighted by atomic mass is 35.5. The lowest BCUT2D eigenvalue weighted by molar-refractivity contribution is 0.122. The van der Waals surface area contributed by atoms with Crippen LogP contribution in [-0.4, -0.2) is 41.3 Å². The molecule has 3 aromatic rings. The number of hydrogen-bond donors (Lipinski definition) is 2. The first kappa shape index (κ1) is 25.6. The number of morpholine rings is 1. The van der Waals surface area contributed by atoms with Crippen LogP contribution < -0.4 is 15.5 Å². The van der Waals surface area contributed by atoms with Crippen molar-refractivity contribution in [3.05, 3.63) is 58.7 Å². The van der Waals surface area contributed by atoms with Crippen LogP contribution in [0, 0.1) is 27.7 Å². The monoisotopic (exact) mass is 476 g/mol. The Morgan fingerprint density at radius 2 is 1.19 bits per heavy atom. The fourth-order valence-electron chi connectivity index (χ4n) is 3.36. The highest BCUT2D eigenvalue weighted by Crippen LogP contribution is 2.25. The molecule has 0 amide bonds. The minimum absolute atomic E-state index is 0. The van der Waals surface area contributed by atoms with Crippen molar-refractivity contribution in [3.63, 3.8) is 0 Å². The molecule has 0 unspecified atom stereocenters. The van der Waals surface area contributed by atoms with Gasteiger partial charge in [-0.3, -0.25) is 0 Å². The van der Waals surface area contributed by atoms with E-state index in [2.05, 4.69) is 84.6 Å². The second-order valence-electron chi connectivity index (χ2n) is 7.77. The molecule has 1 aromatic heterocycles. The molecule has 0 atom stereocenters. The van der Waals surface area contributed by atoms with Gasteiger partial charge in [-0.2, -0.15) is 15.0 Å². The van der Waals surface area contributed by atoms with E-state index in [1.54, 1.807) is 0 Å². The lowest BCUT2D eigenvalue weighted by Gasteiger charge is -2.27. The molecule has 0 spiro atoms. The Labute approximate surface area is 201 Å². The zero-order chi connectivity index (χ0) is 21.1. The van der Waals surface area contributed by atoms with E-state index < -0.39 is 0 Å². The maximum atomic E-state index is 5.49. The lowest BCUT2D eigenvalue weighted by Crippen LogP contribution is -2.37. The van der Waals surface area contributed by atoms with E-state index in [1.807, 2.05) is 0 Å². The summed E-state index contributed by atoms with van der Waals surface area (Å²) in [6.07, 6.45) is 0. The Morgan fingerprint density at radius 3 is 1.66 bits per heavy atom. The first-order valence-corrected chi connectivity index (χ1v) is 10.3.